The van der Waals surface area contributed by atoms with E-state index >= 15 is 0 Å². The molecule has 26 heavy (non-hydrogen) atoms. The summed E-state index contributed by atoms with van der Waals surface area (Å²) in [7, 11) is 0. The highest BCUT2D eigenvalue weighted by molar-refractivity contribution is 7.15. The first kappa shape index (κ1) is 19.1. The van der Waals surface area contributed by atoms with E-state index in [1.165, 1.54) is 37.0 Å². The van der Waals surface area contributed by atoms with Gasteiger partial charge in [-0.2, -0.15) is 0 Å². The van der Waals surface area contributed by atoms with Crippen LogP contribution in [-0.4, -0.2) is 28.6 Å². The molecule has 2 amide bonds. The van der Waals surface area contributed by atoms with Crippen molar-refractivity contribution in [2.45, 2.75) is 83.3 Å². The van der Waals surface area contributed by atoms with Crippen LogP contribution in [0.4, 0.5) is 9.93 Å². The van der Waals surface area contributed by atoms with Crippen LogP contribution in [0.5, 0.6) is 0 Å². The van der Waals surface area contributed by atoms with Crippen molar-refractivity contribution in [3.63, 3.8) is 0 Å². The molecular weight excluding hydrogens is 350 g/mol. The predicted octanol–water partition coefficient (Wildman–Crippen LogP) is 4.43. The van der Waals surface area contributed by atoms with Crippen molar-refractivity contribution in [1.82, 2.24) is 10.3 Å². The first-order valence-electron chi connectivity index (χ1n) is 9.56. The Balaban J connectivity index is 1.41. The fourth-order valence-corrected chi connectivity index (χ4v) is 4.54. The maximum Gasteiger partial charge on any atom is 0.407 e. The van der Waals surface area contributed by atoms with Crippen molar-refractivity contribution in [2.75, 3.05) is 5.32 Å². The highest BCUT2D eigenvalue weighted by atomic mass is 32.1. The van der Waals surface area contributed by atoms with E-state index < -0.39 is 11.7 Å². The number of thiazole rings is 1. The van der Waals surface area contributed by atoms with Crippen LogP contribution in [-0.2, 0) is 9.53 Å². The number of ether oxygens (including phenoxy) is 1. The number of rotatable bonds is 4. The Morgan fingerprint density at radius 1 is 1.19 bits per heavy atom. The van der Waals surface area contributed by atoms with Crippen molar-refractivity contribution >= 4 is 28.5 Å². The van der Waals surface area contributed by atoms with Crippen LogP contribution in [0.1, 0.15) is 76.5 Å². The van der Waals surface area contributed by atoms with Crippen LogP contribution in [0.3, 0.4) is 0 Å². The van der Waals surface area contributed by atoms with E-state index in [0.717, 1.165) is 0 Å². The number of carbonyl (C=O) groups is 2. The van der Waals surface area contributed by atoms with Crippen molar-refractivity contribution in [1.29, 1.82) is 0 Å². The van der Waals surface area contributed by atoms with E-state index in [-0.39, 0.29) is 17.9 Å². The third-order valence-corrected chi connectivity index (χ3v) is 6.07. The maximum absolute atomic E-state index is 12.4. The molecule has 144 valence electrons. The molecule has 6 nitrogen and oxygen atoms in total. The minimum atomic E-state index is -0.508. The van der Waals surface area contributed by atoms with Crippen molar-refractivity contribution in [3.8, 4) is 0 Å². The maximum atomic E-state index is 12.4. The summed E-state index contributed by atoms with van der Waals surface area (Å²) in [6, 6.07) is 0.00898. The number of aromatic nitrogens is 1. The highest BCUT2D eigenvalue weighted by Crippen LogP contribution is 2.37. The Kier molecular flexibility index (Phi) is 5.85. The monoisotopic (exact) mass is 379 g/mol. The molecule has 1 aromatic rings. The van der Waals surface area contributed by atoms with Gasteiger partial charge in [0.25, 0.3) is 0 Å². The fourth-order valence-electron chi connectivity index (χ4n) is 3.55. The van der Waals surface area contributed by atoms with Gasteiger partial charge in [-0.25, -0.2) is 9.78 Å². The number of carbonyl (C=O) groups excluding carboxylic acids is 2. The Hall–Kier alpha value is -1.63. The van der Waals surface area contributed by atoms with Crippen LogP contribution < -0.4 is 10.6 Å². The topological polar surface area (TPSA) is 80.3 Å². The molecule has 0 atom stereocenters. The first-order chi connectivity index (χ1) is 12.3. The standard InChI is InChI=1S/C19H29N3O3S/c1-19(2,3)25-18(24)21-14-9-13(10-14)16(23)22-17-20-11-15(26-17)12-7-5-4-6-8-12/h11-14H,4-10H2,1-3H3,(H,21,24)(H,20,22,23)/t13-,14+. The summed E-state index contributed by atoms with van der Waals surface area (Å²) in [6.07, 6.45) is 9.17. The largest absolute Gasteiger partial charge is 0.444 e. The molecule has 0 aromatic carbocycles. The average molecular weight is 380 g/mol. The lowest BCUT2D eigenvalue weighted by atomic mass is 9.80. The summed E-state index contributed by atoms with van der Waals surface area (Å²) in [5.41, 5.74) is -0.508. The Bertz CT molecular complexity index is 641. The molecule has 0 aliphatic heterocycles. The van der Waals surface area contributed by atoms with Gasteiger partial charge in [0.05, 0.1) is 0 Å². The highest BCUT2D eigenvalue weighted by Gasteiger charge is 2.36. The van der Waals surface area contributed by atoms with Crippen LogP contribution in [0, 0.1) is 5.92 Å². The molecule has 2 N–H and O–H groups in total. The number of alkyl carbamates (subject to hydrolysis) is 1. The number of nitrogens with one attached hydrogen (secondary N) is 2. The first-order valence-corrected chi connectivity index (χ1v) is 10.4. The zero-order chi connectivity index (χ0) is 18.7. The molecule has 0 spiro atoms. The summed E-state index contributed by atoms with van der Waals surface area (Å²) in [6.45, 7) is 5.50. The smallest absolute Gasteiger partial charge is 0.407 e. The van der Waals surface area contributed by atoms with Crippen LogP contribution in [0.15, 0.2) is 6.20 Å². The summed E-state index contributed by atoms with van der Waals surface area (Å²) in [5.74, 6) is 0.534. The van der Waals surface area contributed by atoms with E-state index in [0.29, 0.717) is 23.9 Å². The van der Waals surface area contributed by atoms with Crippen LogP contribution in [0.25, 0.3) is 0 Å². The minimum absolute atomic E-state index is 0.00298. The molecule has 3 rings (SSSR count). The lowest BCUT2D eigenvalue weighted by Gasteiger charge is -2.34. The number of hydrogen-bond donors (Lipinski definition) is 2. The molecular formula is C19H29N3O3S. The molecule has 2 aliphatic carbocycles. The predicted molar refractivity (Wildman–Crippen MR) is 102 cm³/mol. The van der Waals surface area contributed by atoms with Gasteiger partial charge in [-0.15, -0.1) is 11.3 Å². The molecule has 0 radical (unpaired) electrons. The second kappa shape index (κ2) is 7.94. The van der Waals surface area contributed by atoms with Gasteiger partial charge in [0.15, 0.2) is 5.13 Å². The fraction of sp³-hybridized carbons (Fsp3) is 0.737. The molecule has 1 heterocycles. The lowest BCUT2D eigenvalue weighted by molar-refractivity contribution is -0.122. The summed E-state index contributed by atoms with van der Waals surface area (Å²) < 4.78 is 5.24. The van der Waals surface area contributed by atoms with Gasteiger partial charge < -0.3 is 15.4 Å². The van der Waals surface area contributed by atoms with Crippen LogP contribution >= 0.6 is 11.3 Å². The minimum Gasteiger partial charge on any atom is -0.444 e. The second-order valence-corrected chi connectivity index (χ2v) is 9.47. The third-order valence-electron chi connectivity index (χ3n) is 4.99. The van der Waals surface area contributed by atoms with Gasteiger partial charge in [0, 0.05) is 23.0 Å². The number of hydrogen-bond acceptors (Lipinski definition) is 5. The van der Waals surface area contributed by atoms with Gasteiger partial charge in [-0.3, -0.25) is 4.79 Å². The van der Waals surface area contributed by atoms with Gasteiger partial charge in [0.2, 0.25) is 5.91 Å². The van der Waals surface area contributed by atoms with E-state index in [4.69, 9.17) is 4.74 Å². The number of anilines is 1. The van der Waals surface area contributed by atoms with Gasteiger partial charge in [-0.1, -0.05) is 19.3 Å². The quantitative estimate of drug-likeness (QED) is 0.811. The Labute approximate surface area is 159 Å². The lowest BCUT2D eigenvalue weighted by Crippen LogP contribution is -2.49. The van der Waals surface area contributed by atoms with E-state index in [9.17, 15) is 9.59 Å². The van der Waals surface area contributed by atoms with Gasteiger partial charge >= 0.3 is 6.09 Å². The molecule has 2 saturated carbocycles. The molecule has 1 aromatic heterocycles. The van der Waals surface area contributed by atoms with E-state index in [2.05, 4.69) is 15.6 Å². The second-order valence-electron chi connectivity index (χ2n) is 8.40. The molecule has 2 fully saturated rings. The zero-order valence-electron chi connectivity index (χ0n) is 15.8. The van der Waals surface area contributed by atoms with E-state index in [1.807, 2.05) is 27.0 Å². The summed E-state index contributed by atoms with van der Waals surface area (Å²) in [4.78, 5) is 29.8. The van der Waals surface area contributed by atoms with Crippen molar-refractivity contribution < 1.29 is 14.3 Å². The number of nitrogens with zero attached hydrogens (tertiary/aromatic N) is 1. The van der Waals surface area contributed by atoms with Crippen LogP contribution in [0.2, 0.25) is 0 Å². The van der Waals surface area contributed by atoms with E-state index in [1.54, 1.807) is 11.3 Å². The molecule has 0 bridgehead atoms. The summed E-state index contributed by atoms with van der Waals surface area (Å²) >= 11 is 1.60. The molecule has 7 heteroatoms. The Morgan fingerprint density at radius 2 is 1.88 bits per heavy atom. The van der Waals surface area contributed by atoms with Crippen molar-refractivity contribution in [2.24, 2.45) is 5.92 Å². The average Bonchev–Trinajstić information content (AvgIpc) is 2.98. The van der Waals surface area contributed by atoms with Gasteiger partial charge in [0.1, 0.15) is 5.60 Å². The molecule has 0 unspecified atom stereocenters. The zero-order valence-corrected chi connectivity index (χ0v) is 16.7. The summed E-state index contributed by atoms with van der Waals surface area (Å²) in [5, 5.41) is 6.45. The molecule has 0 saturated heterocycles. The van der Waals surface area contributed by atoms with Crippen molar-refractivity contribution in [3.05, 3.63) is 11.1 Å². The molecule has 2 aliphatic rings. The SMILES string of the molecule is CC(C)(C)OC(=O)N[C@H]1C[C@@H](C(=O)Nc2ncc(C3CCCCC3)s2)C1. The third kappa shape index (κ3) is 5.19. The Morgan fingerprint density at radius 3 is 2.54 bits per heavy atom. The number of amides is 2. The normalized spacial score (nSPS) is 23.8. The van der Waals surface area contributed by atoms with Gasteiger partial charge in [-0.05, 0) is 52.4 Å².